The SMILES string of the molecule is [CH]=CC=CC=CC=[N]. The van der Waals surface area contributed by atoms with Gasteiger partial charge in [-0.15, -0.1) is 0 Å². The minimum atomic E-state index is 0.959. The first kappa shape index (κ1) is 6.89. The van der Waals surface area contributed by atoms with Gasteiger partial charge in [0.25, 0.3) is 0 Å². The van der Waals surface area contributed by atoms with Gasteiger partial charge in [-0.05, 0) is 6.08 Å². The first-order chi connectivity index (χ1) is 3.91. The van der Waals surface area contributed by atoms with E-state index in [1.165, 1.54) is 12.2 Å². The molecule has 0 saturated heterocycles. The normalized spacial score (nSPS) is 10.5. The van der Waals surface area contributed by atoms with Crippen LogP contribution in [0.2, 0.25) is 0 Å². The second-order valence-corrected chi connectivity index (χ2v) is 1.11. The van der Waals surface area contributed by atoms with Crippen LogP contribution in [-0.2, 0) is 0 Å². The first-order valence-corrected chi connectivity index (χ1v) is 2.26. The number of nitrogens with zero attached hydrogens (tertiary/aromatic N) is 1. The summed E-state index contributed by atoms with van der Waals surface area (Å²) < 4.78 is 0. The van der Waals surface area contributed by atoms with Gasteiger partial charge in [-0.25, -0.2) is 0 Å². The van der Waals surface area contributed by atoms with Gasteiger partial charge in [0.05, 0.1) is 0 Å². The maximum Gasteiger partial charge on any atom is 0.0495 e. The second kappa shape index (κ2) is 5.89. The maximum absolute atomic E-state index is 8.08. The van der Waals surface area contributed by atoms with E-state index in [9.17, 15) is 0 Å². The Bertz CT molecular complexity index is 104. The summed E-state index contributed by atoms with van der Waals surface area (Å²) >= 11 is 0. The van der Waals surface area contributed by atoms with Crippen molar-refractivity contribution in [3.05, 3.63) is 37.0 Å². The van der Waals surface area contributed by atoms with Crippen molar-refractivity contribution >= 4 is 6.21 Å². The third kappa shape index (κ3) is 4.89. The van der Waals surface area contributed by atoms with Gasteiger partial charge < -0.3 is 0 Å². The van der Waals surface area contributed by atoms with Crippen LogP contribution in [0.1, 0.15) is 0 Å². The maximum atomic E-state index is 8.08. The Morgan fingerprint density at radius 3 is 2.12 bits per heavy atom. The van der Waals surface area contributed by atoms with Crippen LogP contribution in [0, 0.1) is 6.58 Å². The van der Waals surface area contributed by atoms with E-state index < -0.39 is 0 Å². The molecular weight excluding hydrogens is 98.1 g/mol. The smallest absolute Gasteiger partial charge is 0.0495 e. The van der Waals surface area contributed by atoms with Crippen LogP contribution < -0.4 is 5.41 Å². The Balaban J connectivity index is 3.41. The molecule has 0 saturated carbocycles. The van der Waals surface area contributed by atoms with Crippen LogP contribution in [0.15, 0.2) is 30.4 Å². The highest BCUT2D eigenvalue weighted by Crippen LogP contribution is 1.73. The van der Waals surface area contributed by atoms with E-state index in [4.69, 9.17) is 12.0 Å². The van der Waals surface area contributed by atoms with Crippen molar-refractivity contribution in [2.24, 2.45) is 0 Å². The third-order valence-corrected chi connectivity index (χ3v) is 0.531. The average Bonchev–Trinajstić information content (AvgIpc) is 1.81. The zero-order valence-electron chi connectivity index (χ0n) is 4.49. The van der Waals surface area contributed by atoms with Gasteiger partial charge in [-0.3, -0.25) is 0 Å². The zero-order valence-corrected chi connectivity index (χ0v) is 4.49. The Kier molecular flexibility index (Phi) is 5.07. The summed E-state index contributed by atoms with van der Waals surface area (Å²) in [5.41, 5.74) is 0. The Morgan fingerprint density at radius 2 is 1.62 bits per heavy atom. The minimum absolute atomic E-state index is 0.959. The lowest BCUT2D eigenvalue weighted by Gasteiger charge is -1.65. The monoisotopic (exact) mass is 105 g/mol. The molecular formula is C7H7N. The number of allylic oxidation sites excluding steroid dienone is 5. The molecule has 1 heteroatoms. The van der Waals surface area contributed by atoms with Gasteiger partial charge >= 0.3 is 0 Å². The van der Waals surface area contributed by atoms with Gasteiger partial charge in [0.2, 0.25) is 0 Å². The fraction of sp³-hybridized carbons (Fsp3) is 0. The third-order valence-electron chi connectivity index (χ3n) is 0.531. The molecule has 0 aromatic carbocycles. The fourth-order valence-corrected chi connectivity index (χ4v) is 0.242. The predicted molar refractivity (Wildman–Crippen MR) is 35.3 cm³/mol. The second-order valence-electron chi connectivity index (χ2n) is 1.11. The zero-order chi connectivity index (χ0) is 6.24. The lowest BCUT2D eigenvalue weighted by atomic mass is 10.4. The lowest BCUT2D eigenvalue weighted by molar-refractivity contribution is 1.88. The molecule has 0 fully saturated rings. The highest BCUT2D eigenvalue weighted by atomic mass is 14.3. The first-order valence-electron chi connectivity index (χ1n) is 2.26. The van der Waals surface area contributed by atoms with Gasteiger partial charge in [0, 0.05) is 6.21 Å². The molecule has 0 heterocycles. The van der Waals surface area contributed by atoms with Crippen molar-refractivity contribution in [2.45, 2.75) is 0 Å². The van der Waals surface area contributed by atoms with Crippen molar-refractivity contribution in [3.8, 4) is 0 Å². The van der Waals surface area contributed by atoms with Crippen LogP contribution in [0.3, 0.4) is 0 Å². The molecule has 0 rings (SSSR count). The summed E-state index contributed by atoms with van der Waals surface area (Å²) in [6.45, 7) is 4.99. The standard InChI is InChI=1S/C7H7N/c1-2-3-4-5-6-7-8/h1-7H. The molecule has 0 atom stereocenters. The van der Waals surface area contributed by atoms with Crippen molar-refractivity contribution in [3.63, 3.8) is 0 Å². The van der Waals surface area contributed by atoms with Crippen LogP contribution in [0.25, 0.3) is 0 Å². The van der Waals surface area contributed by atoms with Crippen LogP contribution in [0.4, 0.5) is 0 Å². The molecule has 40 valence electrons. The van der Waals surface area contributed by atoms with E-state index in [1.54, 1.807) is 18.2 Å². The Labute approximate surface area is 49.5 Å². The molecule has 2 radical (unpaired) electrons. The van der Waals surface area contributed by atoms with E-state index in [0.29, 0.717) is 0 Å². The summed E-state index contributed by atoms with van der Waals surface area (Å²) in [6, 6.07) is 0. The summed E-state index contributed by atoms with van der Waals surface area (Å²) in [5, 5.41) is 8.08. The summed E-state index contributed by atoms with van der Waals surface area (Å²) in [7, 11) is 0. The number of rotatable bonds is 3. The molecule has 0 aromatic rings. The van der Waals surface area contributed by atoms with E-state index >= 15 is 0 Å². The average molecular weight is 105 g/mol. The molecule has 0 aliphatic heterocycles. The predicted octanol–water partition coefficient (Wildman–Crippen LogP) is 0.959. The van der Waals surface area contributed by atoms with Gasteiger partial charge in [0.1, 0.15) is 0 Å². The molecule has 0 spiro atoms. The summed E-state index contributed by atoms with van der Waals surface area (Å²) in [5.74, 6) is 0. The molecule has 0 aromatic heterocycles. The van der Waals surface area contributed by atoms with Crippen LogP contribution in [0.5, 0.6) is 0 Å². The largest absolute Gasteiger partial charge is 0.159 e. The van der Waals surface area contributed by atoms with Gasteiger partial charge in [-0.2, -0.15) is 5.41 Å². The van der Waals surface area contributed by atoms with Crippen molar-refractivity contribution < 1.29 is 0 Å². The van der Waals surface area contributed by atoms with Crippen molar-refractivity contribution in [2.75, 3.05) is 0 Å². The van der Waals surface area contributed by atoms with Crippen LogP contribution >= 0.6 is 0 Å². The topological polar surface area (TPSA) is 22.3 Å². The van der Waals surface area contributed by atoms with Crippen molar-refractivity contribution in [1.82, 2.24) is 5.41 Å². The molecule has 1 nitrogen and oxygen atoms in total. The highest BCUT2D eigenvalue weighted by Gasteiger charge is 1.56. The minimum Gasteiger partial charge on any atom is -0.159 e. The lowest BCUT2D eigenvalue weighted by Crippen LogP contribution is -1.57. The Hall–Kier alpha value is -1.11. The molecule has 0 aliphatic carbocycles. The number of hydrogen-bond acceptors (Lipinski definition) is 0. The summed E-state index contributed by atoms with van der Waals surface area (Å²) in [6.07, 6.45) is 8.93. The molecule has 0 unspecified atom stereocenters. The number of hydrogen-bond donors (Lipinski definition) is 0. The summed E-state index contributed by atoms with van der Waals surface area (Å²) in [4.78, 5) is 0. The van der Waals surface area contributed by atoms with Crippen molar-refractivity contribution in [1.29, 1.82) is 0 Å². The quantitative estimate of drug-likeness (QED) is 0.377. The molecule has 0 N–H and O–H groups in total. The van der Waals surface area contributed by atoms with Crippen LogP contribution in [-0.4, -0.2) is 6.21 Å². The molecule has 0 amide bonds. The van der Waals surface area contributed by atoms with Gasteiger partial charge in [0.15, 0.2) is 0 Å². The fourth-order valence-electron chi connectivity index (χ4n) is 0.242. The van der Waals surface area contributed by atoms with E-state index in [-0.39, 0.29) is 0 Å². The molecule has 8 heavy (non-hydrogen) atoms. The highest BCUT2D eigenvalue weighted by molar-refractivity contribution is 5.69. The van der Waals surface area contributed by atoms with E-state index in [0.717, 1.165) is 6.21 Å². The van der Waals surface area contributed by atoms with Gasteiger partial charge in [-0.1, -0.05) is 30.9 Å². The molecule has 0 aliphatic rings. The van der Waals surface area contributed by atoms with E-state index in [2.05, 4.69) is 0 Å². The van der Waals surface area contributed by atoms with E-state index in [1.807, 2.05) is 0 Å². The molecule has 0 bridgehead atoms. The Morgan fingerprint density at radius 1 is 1.00 bits per heavy atom.